The average molecular weight is 198 g/mol. The molecule has 4 heteroatoms. The smallest absolute Gasteiger partial charge is 0.305 e. The summed E-state index contributed by atoms with van der Waals surface area (Å²) in [6.45, 7) is 8.54. The summed E-state index contributed by atoms with van der Waals surface area (Å²) in [5, 5.41) is 8.60. The number of hydrogen-bond acceptors (Lipinski definition) is 3. The van der Waals surface area contributed by atoms with Crippen LogP contribution in [0.5, 0.6) is 0 Å². The van der Waals surface area contributed by atoms with E-state index in [1.54, 1.807) is 0 Å². The van der Waals surface area contributed by atoms with Crippen LogP contribution in [0.15, 0.2) is 4.99 Å². The topological polar surface area (TPSA) is 52.9 Å². The van der Waals surface area contributed by atoms with Gasteiger partial charge in [0.25, 0.3) is 0 Å². The van der Waals surface area contributed by atoms with E-state index in [0.717, 1.165) is 18.9 Å². The summed E-state index contributed by atoms with van der Waals surface area (Å²) in [5.41, 5.74) is 0.0228. The first kappa shape index (κ1) is 11.0. The van der Waals surface area contributed by atoms with Gasteiger partial charge in [-0.1, -0.05) is 20.8 Å². The molecule has 0 unspecified atom stereocenters. The van der Waals surface area contributed by atoms with Gasteiger partial charge in [0.05, 0.1) is 13.0 Å². The molecule has 80 valence electrons. The van der Waals surface area contributed by atoms with Gasteiger partial charge >= 0.3 is 5.97 Å². The molecule has 14 heavy (non-hydrogen) atoms. The number of aliphatic imine (C=N–C) groups is 1. The first-order valence-electron chi connectivity index (χ1n) is 4.93. The van der Waals surface area contributed by atoms with Gasteiger partial charge in [0, 0.05) is 18.5 Å². The molecule has 0 fully saturated rings. The van der Waals surface area contributed by atoms with Crippen LogP contribution in [0, 0.1) is 5.41 Å². The molecule has 0 aliphatic carbocycles. The Bertz CT molecular complexity index is 253. The van der Waals surface area contributed by atoms with Gasteiger partial charge in [0.15, 0.2) is 0 Å². The molecule has 0 aromatic rings. The van der Waals surface area contributed by atoms with Crippen molar-refractivity contribution in [2.45, 2.75) is 27.2 Å². The van der Waals surface area contributed by atoms with Crippen molar-refractivity contribution in [1.82, 2.24) is 4.90 Å². The zero-order chi connectivity index (χ0) is 10.8. The standard InChI is InChI=1S/C10H18N2O2/c1-10(2,3)9-11-5-7-12(9)6-4-8(13)14/h4-7H2,1-3H3,(H,13,14). The molecule has 0 saturated heterocycles. The molecule has 1 rings (SSSR count). The minimum Gasteiger partial charge on any atom is -0.481 e. The summed E-state index contributed by atoms with van der Waals surface area (Å²) in [4.78, 5) is 16.9. The third kappa shape index (κ3) is 2.72. The summed E-state index contributed by atoms with van der Waals surface area (Å²) >= 11 is 0. The number of aliphatic carboxylic acids is 1. The SMILES string of the molecule is CC(C)(C)C1=NCCN1CCC(=O)O. The fourth-order valence-electron chi connectivity index (χ4n) is 1.64. The van der Waals surface area contributed by atoms with Gasteiger partial charge in [-0.25, -0.2) is 0 Å². The Morgan fingerprint density at radius 2 is 2.21 bits per heavy atom. The van der Waals surface area contributed by atoms with Crippen molar-refractivity contribution in [3.8, 4) is 0 Å². The summed E-state index contributed by atoms with van der Waals surface area (Å²) in [6.07, 6.45) is 0.190. The molecule has 0 aromatic carbocycles. The van der Waals surface area contributed by atoms with E-state index in [9.17, 15) is 4.79 Å². The lowest BCUT2D eigenvalue weighted by Gasteiger charge is -2.28. The van der Waals surface area contributed by atoms with Crippen molar-refractivity contribution in [2.24, 2.45) is 10.4 Å². The summed E-state index contributed by atoms with van der Waals surface area (Å²) in [5.74, 6) is 0.295. The third-order valence-electron chi connectivity index (χ3n) is 2.20. The second-order valence-electron chi connectivity index (χ2n) is 4.59. The lowest BCUT2D eigenvalue weighted by Crippen LogP contribution is -2.37. The second-order valence-corrected chi connectivity index (χ2v) is 4.59. The van der Waals surface area contributed by atoms with E-state index >= 15 is 0 Å². The molecule has 4 nitrogen and oxygen atoms in total. The zero-order valence-electron chi connectivity index (χ0n) is 9.08. The van der Waals surface area contributed by atoms with Crippen molar-refractivity contribution in [1.29, 1.82) is 0 Å². The van der Waals surface area contributed by atoms with Gasteiger partial charge in [0.1, 0.15) is 5.84 Å². The van der Waals surface area contributed by atoms with Crippen LogP contribution in [0.3, 0.4) is 0 Å². The van der Waals surface area contributed by atoms with E-state index < -0.39 is 5.97 Å². The fraction of sp³-hybridized carbons (Fsp3) is 0.800. The van der Waals surface area contributed by atoms with Crippen molar-refractivity contribution < 1.29 is 9.90 Å². The lowest BCUT2D eigenvalue weighted by molar-refractivity contribution is -0.137. The first-order valence-corrected chi connectivity index (χ1v) is 4.93. The predicted molar refractivity (Wildman–Crippen MR) is 55.6 cm³/mol. The number of carboxylic acids is 1. The number of carbonyl (C=O) groups is 1. The summed E-state index contributed by atoms with van der Waals surface area (Å²) < 4.78 is 0. The lowest BCUT2D eigenvalue weighted by atomic mass is 9.94. The predicted octanol–water partition coefficient (Wildman–Crippen LogP) is 1.22. The molecule has 0 aromatic heterocycles. The molecule has 0 radical (unpaired) electrons. The van der Waals surface area contributed by atoms with Crippen LogP contribution in [0.1, 0.15) is 27.2 Å². The maximum atomic E-state index is 10.4. The summed E-state index contributed by atoms with van der Waals surface area (Å²) in [6, 6.07) is 0. The van der Waals surface area contributed by atoms with Gasteiger partial charge in [-0.15, -0.1) is 0 Å². The van der Waals surface area contributed by atoms with E-state index in [1.165, 1.54) is 0 Å². The van der Waals surface area contributed by atoms with E-state index in [0.29, 0.717) is 6.54 Å². The van der Waals surface area contributed by atoms with Crippen molar-refractivity contribution in [2.75, 3.05) is 19.6 Å². The maximum Gasteiger partial charge on any atom is 0.305 e. The Morgan fingerprint density at radius 3 is 2.71 bits per heavy atom. The minimum atomic E-state index is -0.745. The Balaban J connectivity index is 2.55. The van der Waals surface area contributed by atoms with Gasteiger partial charge in [0.2, 0.25) is 0 Å². The monoisotopic (exact) mass is 198 g/mol. The Morgan fingerprint density at radius 1 is 1.57 bits per heavy atom. The average Bonchev–Trinajstić information content (AvgIpc) is 2.46. The number of carboxylic acid groups (broad SMARTS) is 1. The van der Waals surface area contributed by atoms with E-state index in [1.807, 2.05) is 0 Å². The van der Waals surface area contributed by atoms with Gasteiger partial charge in [-0.05, 0) is 0 Å². The highest BCUT2D eigenvalue weighted by atomic mass is 16.4. The van der Waals surface area contributed by atoms with Crippen LogP contribution >= 0.6 is 0 Å². The molecule has 1 aliphatic rings. The van der Waals surface area contributed by atoms with Crippen molar-refractivity contribution in [3.63, 3.8) is 0 Å². The number of rotatable bonds is 3. The normalized spacial score (nSPS) is 17.1. The van der Waals surface area contributed by atoms with Gasteiger partial charge in [-0.3, -0.25) is 9.79 Å². The van der Waals surface area contributed by atoms with Crippen LogP contribution < -0.4 is 0 Å². The molecular formula is C10H18N2O2. The Hall–Kier alpha value is -1.06. The van der Waals surface area contributed by atoms with Gasteiger partial charge < -0.3 is 10.0 Å². The maximum absolute atomic E-state index is 10.4. The highest BCUT2D eigenvalue weighted by Gasteiger charge is 2.27. The number of amidine groups is 1. The minimum absolute atomic E-state index is 0.0228. The molecule has 0 bridgehead atoms. The Labute approximate surface area is 84.6 Å². The molecule has 0 atom stereocenters. The van der Waals surface area contributed by atoms with Crippen LogP contribution in [0.4, 0.5) is 0 Å². The van der Waals surface area contributed by atoms with Crippen LogP contribution in [0.2, 0.25) is 0 Å². The van der Waals surface area contributed by atoms with E-state index in [2.05, 4.69) is 30.7 Å². The third-order valence-corrected chi connectivity index (χ3v) is 2.20. The largest absolute Gasteiger partial charge is 0.481 e. The van der Waals surface area contributed by atoms with Crippen molar-refractivity contribution in [3.05, 3.63) is 0 Å². The molecular weight excluding hydrogens is 180 g/mol. The number of nitrogens with zero attached hydrogens (tertiary/aromatic N) is 2. The van der Waals surface area contributed by atoms with Gasteiger partial charge in [-0.2, -0.15) is 0 Å². The van der Waals surface area contributed by atoms with Crippen LogP contribution in [-0.4, -0.2) is 41.4 Å². The van der Waals surface area contributed by atoms with Crippen LogP contribution in [0.25, 0.3) is 0 Å². The first-order chi connectivity index (χ1) is 6.41. The van der Waals surface area contributed by atoms with E-state index in [4.69, 9.17) is 5.11 Å². The fourth-order valence-corrected chi connectivity index (χ4v) is 1.64. The zero-order valence-corrected chi connectivity index (χ0v) is 9.08. The molecule has 1 heterocycles. The molecule has 1 N–H and O–H groups in total. The number of hydrogen-bond donors (Lipinski definition) is 1. The molecule has 0 saturated carbocycles. The highest BCUT2D eigenvalue weighted by Crippen LogP contribution is 2.22. The molecule has 1 aliphatic heterocycles. The van der Waals surface area contributed by atoms with Crippen LogP contribution in [-0.2, 0) is 4.79 Å². The van der Waals surface area contributed by atoms with E-state index in [-0.39, 0.29) is 11.8 Å². The second kappa shape index (κ2) is 3.98. The molecule has 0 spiro atoms. The van der Waals surface area contributed by atoms with Crippen molar-refractivity contribution >= 4 is 11.8 Å². The summed E-state index contributed by atoms with van der Waals surface area (Å²) in [7, 11) is 0. The molecule has 0 amide bonds. The highest BCUT2D eigenvalue weighted by molar-refractivity contribution is 5.88. The quantitative estimate of drug-likeness (QED) is 0.742. The Kier molecular flexibility index (Phi) is 3.13.